The minimum absolute atomic E-state index is 0.708. The highest BCUT2D eigenvalue weighted by molar-refractivity contribution is 6.65. The van der Waals surface area contributed by atoms with Crippen molar-refractivity contribution in [1.29, 1.82) is 0 Å². The first-order chi connectivity index (χ1) is 8.52. The Morgan fingerprint density at radius 1 is 1.11 bits per heavy atom. The van der Waals surface area contributed by atoms with Crippen molar-refractivity contribution < 1.29 is 13.6 Å². The number of rotatable bonds is 7. The second-order valence-corrected chi connectivity index (χ2v) is 8.28. The molecule has 0 saturated heterocycles. The minimum Gasteiger partial charge on any atom is -0.493 e. The zero-order chi connectivity index (χ0) is 13.6. The highest BCUT2D eigenvalue weighted by Gasteiger charge is 2.27. The summed E-state index contributed by atoms with van der Waals surface area (Å²) in [6.07, 6.45) is 0.956. The molecule has 0 N–H and O–H groups in total. The van der Waals surface area contributed by atoms with Gasteiger partial charge in [-0.1, -0.05) is 12.1 Å². The summed E-state index contributed by atoms with van der Waals surface area (Å²) in [5.74, 6) is 0.980. The smallest absolute Gasteiger partial charge is 0.334 e. The molecule has 0 unspecified atom stereocenters. The number of hydrogen-bond donors (Lipinski definition) is 0. The second-order valence-electron chi connectivity index (χ2n) is 4.69. The summed E-state index contributed by atoms with van der Waals surface area (Å²) < 4.78 is 16.7. The lowest BCUT2D eigenvalue weighted by Gasteiger charge is -2.22. The van der Waals surface area contributed by atoms with Crippen molar-refractivity contribution in [3.8, 4) is 5.75 Å². The van der Waals surface area contributed by atoms with Gasteiger partial charge in [0.25, 0.3) is 0 Å². The molecule has 0 fully saturated rings. The summed E-state index contributed by atoms with van der Waals surface area (Å²) in [5.41, 5.74) is 2.48. The molecule has 0 heterocycles. The molecule has 0 bridgehead atoms. The van der Waals surface area contributed by atoms with E-state index in [9.17, 15) is 0 Å². The highest BCUT2D eigenvalue weighted by Crippen LogP contribution is 2.21. The van der Waals surface area contributed by atoms with Gasteiger partial charge < -0.3 is 13.6 Å². The lowest BCUT2D eigenvalue weighted by atomic mass is 10.1. The van der Waals surface area contributed by atoms with Crippen LogP contribution in [0.5, 0.6) is 5.75 Å². The molecule has 0 aliphatic rings. The molecule has 0 saturated carbocycles. The fourth-order valence-corrected chi connectivity index (χ4v) is 3.10. The quantitative estimate of drug-likeness (QED) is 0.560. The molecule has 0 aromatic heterocycles. The van der Waals surface area contributed by atoms with E-state index in [2.05, 4.69) is 26.5 Å². The summed E-state index contributed by atoms with van der Waals surface area (Å²) in [4.78, 5) is 0. The van der Waals surface area contributed by atoms with E-state index in [1.54, 1.807) is 14.2 Å². The van der Waals surface area contributed by atoms with E-state index < -0.39 is 8.56 Å². The Morgan fingerprint density at radius 3 is 2.39 bits per heavy atom. The van der Waals surface area contributed by atoms with Gasteiger partial charge in [0, 0.05) is 14.2 Å². The minimum atomic E-state index is -1.94. The molecule has 1 rings (SSSR count). The van der Waals surface area contributed by atoms with Gasteiger partial charge in [0.05, 0.1) is 6.61 Å². The van der Waals surface area contributed by atoms with Crippen LogP contribution in [0.25, 0.3) is 0 Å². The van der Waals surface area contributed by atoms with E-state index in [4.69, 9.17) is 13.6 Å². The molecule has 18 heavy (non-hydrogen) atoms. The lowest BCUT2D eigenvalue weighted by molar-refractivity contribution is 0.241. The van der Waals surface area contributed by atoms with Crippen LogP contribution in [0.1, 0.15) is 17.5 Å². The van der Waals surface area contributed by atoms with Crippen molar-refractivity contribution >= 4 is 8.56 Å². The standard InChI is InChI=1S/C14H24O3Si/c1-12-8-6-9-14(13(12)2)17-10-7-11-18(5,15-3)16-4/h6,8-9H,7,10-11H2,1-5H3. The van der Waals surface area contributed by atoms with Gasteiger partial charge in [-0.25, -0.2) is 0 Å². The normalized spacial score (nSPS) is 11.6. The first-order valence-electron chi connectivity index (χ1n) is 6.32. The molecule has 4 heteroatoms. The molecule has 0 aliphatic carbocycles. The summed E-state index contributed by atoms with van der Waals surface area (Å²) in [6.45, 7) is 6.97. The molecule has 1 aromatic carbocycles. The maximum absolute atomic E-state index is 5.81. The second kappa shape index (κ2) is 6.92. The van der Waals surface area contributed by atoms with E-state index in [0.717, 1.165) is 18.2 Å². The zero-order valence-corrected chi connectivity index (χ0v) is 13.1. The first kappa shape index (κ1) is 15.2. The third-order valence-electron chi connectivity index (χ3n) is 3.45. The number of aryl methyl sites for hydroxylation is 1. The lowest BCUT2D eigenvalue weighted by Crippen LogP contribution is -2.36. The average molecular weight is 268 g/mol. The summed E-state index contributed by atoms with van der Waals surface area (Å²) in [6, 6.07) is 7.10. The van der Waals surface area contributed by atoms with Crippen molar-refractivity contribution in [1.82, 2.24) is 0 Å². The van der Waals surface area contributed by atoms with E-state index >= 15 is 0 Å². The van der Waals surface area contributed by atoms with Crippen LogP contribution in [0.3, 0.4) is 0 Å². The van der Waals surface area contributed by atoms with E-state index in [0.29, 0.717) is 6.61 Å². The first-order valence-corrected chi connectivity index (χ1v) is 8.84. The van der Waals surface area contributed by atoms with Crippen LogP contribution < -0.4 is 4.74 Å². The van der Waals surface area contributed by atoms with E-state index in [1.807, 2.05) is 12.1 Å². The summed E-state index contributed by atoms with van der Waals surface area (Å²) in [5, 5.41) is 0. The molecule has 0 aliphatic heterocycles. The van der Waals surface area contributed by atoms with Gasteiger partial charge in [-0.2, -0.15) is 0 Å². The third-order valence-corrected chi connectivity index (χ3v) is 6.44. The average Bonchev–Trinajstić information content (AvgIpc) is 2.39. The zero-order valence-electron chi connectivity index (χ0n) is 12.1. The van der Waals surface area contributed by atoms with E-state index in [-0.39, 0.29) is 0 Å². The van der Waals surface area contributed by atoms with Crippen LogP contribution in [-0.2, 0) is 8.85 Å². The number of ether oxygens (including phenoxy) is 1. The maximum Gasteiger partial charge on any atom is 0.334 e. The maximum atomic E-state index is 5.81. The van der Waals surface area contributed by atoms with Gasteiger partial charge in [-0.05, 0) is 50.1 Å². The Morgan fingerprint density at radius 2 is 1.78 bits per heavy atom. The summed E-state index contributed by atoms with van der Waals surface area (Å²) in [7, 11) is 1.51. The van der Waals surface area contributed by atoms with Crippen molar-refractivity contribution in [3.63, 3.8) is 0 Å². The molecule has 0 amide bonds. The van der Waals surface area contributed by atoms with Gasteiger partial charge in [-0.3, -0.25) is 0 Å². The van der Waals surface area contributed by atoms with Crippen molar-refractivity contribution in [2.45, 2.75) is 32.9 Å². The SMILES string of the molecule is CO[Si](C)(CCCOc1cccc(C)c1C)OC. The van der Waals surface area contributed by atoms with Gasteiger partial charge in [0.15, 0.2) is 0 Å². The fraction of sp³-hybridized carbons (Fsp3) is 0.571. The van der Waals surface area contributed by atoms with Gasteiger partial charge >= 0.3 is 8.56 Å². The van der Waals surface area contributed by atoms with Crippen molar-refractivity contribution in [2.75, 3.05) is 20.8 Å². The largest absolute Gasteiger partial charge is 0.493 e. The molecule has 1 aromatic rings. The van der Waals surface area contributed by atoms with Gasteiger partial charge in [-0.15, -0.1) is 0 Å². The third kappa shape index (κ3) is 4.12. The number of benzene rings is 1. The Balaban J connectivity index is 2.41. The Kier molecular flexibility index (Phi) is 5.85. The highest BCUT2D eigenvalue weighted by atomic mass is 28.4. The van der Waals surface area contributed by atoms with Crippen molar-refractivity contribution in [2.24, 2.45) is 0 Å². The van der Waals surface area contributed by atoms with Gasteiger partial charge in [0.1, 0.15) is 5.75 Å². The van der Waals surface area contributed by atoms with Crippen LogP contribution in [-0.4, -0.2) is 29.4 Å². The molecular weight excluding hydrogens is 244 g/mol. The monoisotopic (exact) mass is 268 g/mol. The predicted molar refractivity (Wildman–Crippen MR) is 76.5 cm³/mol. The van der Waals surface area contributed by atoms with Crippen molar-refractivity contribution in [3.05, 3.63) is 29.3 Å². The molecule has 0 radical (unpaired) electrons. The predicted octanol–water partition coefficient (Wildman–Crippen LogP) is 3.44. The Hall–Kier alpha value is -0.843. The molecule has 0 atom stereocenters. The molecule has 3 nitrogen and oxygen atoms in total. The van der Waals surface area contributed by atoms with Gasteiger partial charge in [0.2, 0.25) is 0 Å². The Bertz CT molecular complexity index is 375. The van der Waals surface area contributed by atoms with E-state index in [1.165, 1.54) is 11.1 Å². The van der Waals surface area contributed by atoms with Crippen LogP contribution in [0.2, 0.25) is 12.6 Å². The molecule has 0 spiro atoms. The number of hydrogen-bond acceptors (Lipinski definition) is 3. The topological polar surface area (TPSA) is 27.7 Å². The van der Waals surface area contributed by atoms with Crippen LogP contribution >= 0.6 is 0 Å². The fourth-order valence-electron chi connectivity index (χ4n) is 1.74. The van der Waals surface area contributed by atoms with Crippen LogP contribution in [0.15, 0.2) is 18.2 Å². The molecular formula is C14H24O3Si. The summed E-state index contributed by atoms with van der Waals surface area (Å²) >= 11 is 0. The Labute approximate surface area is 111 Å². The molecule has 102 valence electrons. The van der Waals surface area contributed by atoms with Crippen LogP contribution in [0.4, 0.5) is 0 Å². The van der Waals surface area contributed by atoms with Crippen LogP contribution in [0, 0.1) is 13.8 Å².